The van der Waals surface area contributed by atoms with Gasteiger partial charge in [-0.2, -0.15) is 0 Å². The van der Waals surface area contributed by atoms with Gasteiger partial charge in [-0.3, -0.25) is 0 Å². The molecule has 1 nitrogen and oxygen atoms in total. The number of hydrogen-bond acceptors (Lipinski definition) is 1. The average Bonchev–Trinajstić information content (AvgIpc) is 2.31. The van der Waals surface area contributed by atoms with Gasteiger partial charge in [-0.15, -0.1) is 0 Å². The van der Waals surface area contributed by atoms with E-state index in [-0.39, 0.29) is 11.9 Å². The number of benzene rings is 2. The molecule has 0 bridgehead atoms. The Hall–Kier alpha value is -0.420. The Morgan fingerprint density at radius 2 is 1.74 bits per heavy atom. The lowest BCUT2D eigenvalue weighted by Gasteiger charge is -2.14. The van der Waals surface area contributed by atoms with Crippen LogP contribution in [0.5, 0.6) is 0 Å². The van der Waals surface area contributed by atoms with Crippen molar-refractivity contribution in [3.8, 4) is 0 Å². The van der Waals surface area contributed by atoms with Crippen LogP contribution < -0.4 is 5.73 Å². The van der Waals surface area contributed by atoms with E-state index in [0.29, 0.717) is 17.0 Å². The quantitative estimate of drug-likeness (QED) is 0.739. The summed E-state index contributed by atoms with van der Waals surface area (Å²) in [7, 11) is 0. The van der Waals surface area contributed by atoms with Gasteiger partial charge in [0, 0.05) is 20.0 Å². The minimum atomic E-state index is -0.322. The molecular formula is C14H11Br2ClFN. The molecule has 1 unspecified atom stereocenters. The van der Waals surface area contributed by atoms with Gasteiger partial charge in [-0.05, 0) is 47.9 Å². The summed E-state index contributed by atoms with van der Waals surface area (Å²) < 4.78 is 15.6. The van der Waals surface area contributed by atoms with E-state index in [1.165, 1.54) is 6.07 Å². The van der Waals surface area contributed by atoms with Crippen LogP contribution >= 0.6 is 43.5 Å². The van der Waals surface area contributed by atoms with Gasteiger partial charge in [0.25, 0.3) is 0 Å². The summed E-state index contributed by atoms with van der Waals surface area (Å²) in [6, 6.07) is 10.2. The van der Waals surface area contributed by atoms with Crippen molar-refractivity contribution in [2.45, 2.75) is 12.5 Å². The molecule has 2 N–H and O–H groups in total. The van der Waals surface area contributed by atoms with Crippen molar-refractivity contribution in [3.63, 3.8) is 0 Å². The molecule has 1 atom stereocenters. The molecule has 0 aliphatic rings. The predicted molar refractivity (Wildman–Crippen MR) is 83.9 cm³/mol. The predicted octanol–water partition coefficient (Wildman–Crippen LogP) is 5.25. The van der Waals surface area contributed by atoms with Crippen LogP contribution in [-0.2, 0) is 6.42 Å². The van der Waals surface area contributed by atoms with Crippen LogP contribution in [0.25, 0.3) is 0 Å². The molecule has 0 aliphatic heterocycles. The second-order valence-corrected chi connectivity index (χ2v) is 6.52. The van der Waals surface area contributed by atoms with Crippen LogP contribution in [-0.4, -0.2) is 0 Å². The first-order valence-corrected chi connectivity index (χ1v) is 7.57. The van der Waals surface area contributed by atoms with Gasteiger partial charge in [0.1, 0.15) is 5.82 Å². The van der Waals surface area contributed by atoms with E-state index in [2.05, 4.69) is 31.9 Å². The maximum Gasteiger partial charge on any atom is 0.127 e. The Balaban J connectivity index is 2.22. The summed E-state index contributed by atoms with van der Waals surface area (Å²) >= 11 is 12.6. The molecule has 100 valence electrons. The summed E-state index contributed by atoms with van der Waals surface area (Å²) in [4.78, 5) is 0. The Kier molecular flexibility index (Phi) is 5.01. The molecule has 0 spiro atoms. The fourth-order valence-electron chi connectivity index (χ4n) is 1.83. The molecule has 2 aromatic rings. The number of halogens is 4. The lowest BCUT2D eigenvalue weighted by atomic mass is 9.99. The summed E-state index contributed by atoms with van der Waals surface area (Å²) in [6.45, 7) is 0. The van der Waals surface area contributed by atoms with Gasteiger partial charge in [0.2, 0.25) is 0 Å². The molecule has 2 aromatic carbocycles. The van der Waals surface area contributed by atoms with E-state index < -0.39 is 0 Å². The molecular weight excluding hydrogens is 396 g/mol. The molecule has 5 heteroatoms. The summed E-state index contributed by atoms with van der Waals surface area (Å²) in [5.74, 6) is -0.322. The highest BCUT2D eigenvalue weighted by Gasteiger charge is 2.12. The smallest absolute Gasteiger partial charge is 0.127 e. The maximum absolute atomic E-state index is 13.7. The monoisotopic (exact) mass is 405 g/mol. The zero-order valence-electron chi connectivity index (χ0n) is 9.84. The summed E-state index contributed by atoms with van der Waals surface area (Å²) in [5, 5.41) is 0.389. The first kappa shape index (κ1) is 15.0. The molecule has 0 fully saturated rings. The first-order valence-electron chi connectivity index (χ1n) is 5.61. The average molecular weight is 408 g/mol. The maximum atomic E-state index is 13.7. The standard InChI is InChI=1S/C14H11Br2ClFN/c15-10-3-9(4-11(16)6-10)14(19)5-8-1-2-12(17)7-13(8)18/h1-4,6-7,14H,5,19H2. The molecule has 2 rings (SSSR count). The van der Waals surface area contributed by atoms with Crippen LogP contribution in [0.4, 0.5) is 4.39 Å². The minimum Gasteiger partial charge on any atom is -0.324 e. The third-order valence-corrected chi connectivity index (χ3v) is 3.92. The second kappa shape index (κ2) is 6.35. The normalized spacial score (nSPS) is 12.5. The van der Waals surface area contributed by atoms with Gasteiger partial charge in [0.05, 0.1) is 0 Å². The van der Waals surface area contributed by atoms with E-state index in [4.69, 9.17) is 17.3 Å². The molecule has 0 aromatic heterocycles. The van der Waals surface area contributed by atoms with E-state index in [1.54, 1.807) is 12.1 Å². The highest BCUT2D eigenvalue weighted by Crippen LogP contribution is 2.26. The molecule has 19 heavy (non-hydrogen) atoms. The van der Waals surface area contributed by atoms with Crippen LogP contribution in [0.3, 0.4) is 0 Å². The zero-order valence-corrected chi connectivity index (χ0v) is 13.8. The van der Waals surface area contributed by atoms with Crippen LogP contribution in [0.1, 0.15) is 17.2 Å². The Bertz CT molecular complexity index is 584. The van der Waals surface area contributed by atoms with Crippen molar-refractivity contribution < 1.29 is 4.39 Å². The SMILES string of the molecule is NC(Cc1ccc(Cl)cc1F)c1cc(Br)cc(Br)c1. The van der Waals surface area contributed by atoms with Crippen molar-refractivity contribution in [1.82, 2.24) is 0 Å². The minimum absolute atomic E-state index is 0.274. The van der Waals surface area contributed by atoms with E-state index in [1.807, 2.05) is 18.2 Å². The molecule has 0 radical (unpaired) electrons. The number of nitrogens with two attached hydrogens (primary N) is 1. The van der Waals surface area contributed by atoms with Gasteiger partial charge in [-0.25, -0.2) is 4.39 Å². The molecule has 0 saturated heterocycles. The Morgan fingerprint density at radius 1 is 1.11 bits per heavy atom. The van der Waals surface area contributed by atoms with Gasteiger partial charge in [0.15, 0.2) is 0 Å². The number of hydrogen-bond donors (Lipinski definition) is 1. The zero-order chi connectivity index (χ0) is 14.0. The van der Waals surface area contributed by atoms with Crippen LogP contribution in [0, 0.1) is 5.82 Å². The fraction of sp³-hybridized carbons (Fsp3) is 0.143. The van der Waals surface area contributed by atoms with Crippen molar-refractivity contribution in [2.24, 2.45) is 5.73 Å². The first-order chi connectivity index (χ1) is 8.95. The van der Waals surface area contributed by atoms with Crippen molar-refractivity contribution in [1.29, 1.82) is 0 Å². The molecule has 0 aliphatic carbocycles. The van der Waals surface area contributed by atoms with E-state index in [9.17, 15) is 4.39 Å². The van der Waals surface area contributed by atoms with Gasteiger partial charge < -0.3 is 5.73 Å². The molecule has 0 amide bonds. The highest BCUT2D eigenvalue weighted by atomic mass is 79.9. The molecule has 0 heterocycles. The summed E-state index contributed by atoms with van der Waals surface area (Å²) in [6.07, 6.45) is 0.423. The lowest BCUT2D eigenvalue weighted by molar-refractivity contribution is 0.593. The largest absolute Gasteiger partial charge is 0.324 e. The highest BCUT2D eigenvalue weighted by molar-refractivity contribution is 9.11. The van der Waals surface area contributed by atoms with Crippen LogP contribution in [0.2, 0.25) is 5.02 Å². The lowest BCUT2D eigenvalue weighted by Crippen LogP contribution is -2.14. The Labute approximate surface area is 133 Å². The van der Waals surface area contributed by atoms with Crippen LogP contribution in [0.15, 0.2) is 45.3 Å². The van der Waals surface area contributed by atoms with Gasteiger partial charge >= 0.3 is 0 Å². The van der Waals surface area contributed by atoms with E-state index in [0.717, 1.165) is 14.5 Å². The Morgan fingerprint density at radius 3 is 2.32 bits per heavy atom. The topological polar surface area (TPSA) is 26.0 Å². The number of rotatable bonds is 3. The third kappa shape index (κ3) is 4.02. The van der Waals surface area contributed by atoms with E-state index >= 15 is 0 Å². The fourth-order valence-corrected chi connectivity index (χ4v) is 3.32. The van der Waals surface area contributed by atoms with Crippen molar-refractivity contribution in [2.75, 3.05) is 0 Å². The van der Waals surface area contributed by atoms with Crippen molar-refractivity contribution >= 4 is 43.5 Å². The second-order valence-electron chi connectivity index (χ2n) is 4.25. The van der Waals surface area contributed by atoms with Gasteiger partial charge in [-0.1, -0.05) is 49.5 Å². The molecule has 0 saturated carbocycles. The summed E-state index contributed by atoms with van der Waals surface area (Å²) in [5.41, 5.74) is 7.63. The van der Waals surface area contributed by atoms with Crippen molar-refractivity contribution in [3.05, 3.63) is 67.3 Å². The third-order valence-electron chi connectivity index (χ3n) is 2.77.